The number of thiocarbonyl (C=S) groups is 1. The molecule has 4 aromatic rings. The molecule has 3 heterocycles. The van der Waals surface area contributed by atoms with Crippen LogP contribution in [0.4, 0.5) is 20.5 Å². The van der Waals surface area contributed by atoms with Crippen LogP contribution in [-0.4, -0.2) is 51.1 Å². The monoisotopic (exact) mass is 491 g/mol. The lowest BCUT2D eigenvalue weighted by atomic mass is 10.1. The zero-order valence-electron chi connectivity index (χ0n) is 18.8. The molecular weight excluding hydrogens is 468 g/mol. The summed E-state index contributed by atoms with van der Waals surface area (Å²) < 4.78 is 27.2. The maximum Gasteiger partial charge on any atom is 0.222 e. The molecular formula is C25H23F2N7S. The van der Waals surface area contributed by atoms with Gasteiger partial charge in [-0.15, -0.1) is 0 Å². The quantitative estimate of drug-likeness (QED) is 0.418. The number of nitrogens with zero attached hydrogens (tertiary/aromatic N) is 5. The van der Waals surface area contributed by atoms with Crippen LogP contribution < -0.4 is 16.0 Å². The second-order valence-corrected chi connectivity index (χ2v) is 8.59. The predicted molar refractivity (Wildman–Crippen MR) is 137 cm³/mol. The Morgan fingerprint density at radius 3 is 2.40 bits per heavy atom. The number of nitrogen functional groups attached to an aromatic ring is 1. The summed E-state index contributed by atoms with van der Waals surface area (Å²) in [6, 6.07) is 16.5. The van der Waals surface area contributed by atoms with E-state index in [9.17, 15) is 8.78 Å². The fourth-order valence-electron chi connectivity index (χ4n) is 4.06. The van der Waals surface area contributed by atoms with E-state index in [-0.39, 0.29) is 17.6 Å². The van der Waals surface area contributed by atoms with Crippen molar-refractivity contribution in [2.75, 3.05) is 36.8 Å². The smallest absolute Gasteiger partial charge is 0.222 e. The third kappa shape index (κ3) is 4.97. The normalized spacial score (nSPS) is 13.8. The second kappa shape index (κ2) is 9.75. The predicted octanol–water partition coefficient (Wildman–Crippen LogP) is 3.75. The molecule has 7 nitrogen and oxygen atoms in total. The van der Waals surface area contributed by atoms with Crippen molar-refractivity contribution in [3.05, 3.63) is 77.9 Å². The molecule has 35 heavy (non-hydrogen) atoms. The number of piperazine rings is 1. The van der Waals surface area contributed by atoms with Crippen LogP contribution in [0.5, 0.6) is 0 Å². The van der Waals surface area contributed by atoms with Gasteiger partial charge in [-0.3, -0.25) is 0 Å². The Morgan fingerprint density at radius 2 is 1.66 bits per heavy atom. The Hall–Kier alpha value is -3.92. The molecule has 2 aromatic carbocycles. The summed E-state index contributed by atoms with van der Waals surface area (Å²) in [5, 5.41) is 3.73. The molecule has 5 rings (SSSR count). The number of halogens is 2. The number of pyridine rings is 1. The lowest BCUT2D eigenvalue weighted by Crippen LogP contribution is -2.52. The van der Waals surface area contributed by atoms with Gasteiger partial charge in [-0.25, -0.2) is 18.7 Å². The Labute approximate surface area is 206 Å². The summed E-state index contributed by atoms with van der Waals surface area (Å²) in [4.78, 5) is 17.8. The average Bonchev–Trinajstić information content (AvgIpc) is 2.88. The maximum atomic E-state index is 13.9. The number of hydrogen-bond donors (Lipinski definition) is 2. The zero-order chi connectivity index (χ0) is 24.4. The minimum Gasteiger partial charge on any atom is -0.368 e. The van der Waals surface area contributed by atoms with Crippen LogP contribution >= 0.6 is 12.2 Å². The molecule has 1 saturated heterocycles. The zero-order valence-corrected chi connectivity index (χ0v) is 19.6. The second-order valence-electron chi connectivity index (χ2n) is 8.20. The minimum atomic E-state index is -0.300. The first-order chi connectivity index (χ1) is 17.0. The molecule has 0 saturated carbocycles. The van der Waals surface area contributed by atoms with Crippen LogP contribution in [-0.2, 0) is 6.54 Å². The molecule has 2 aromatic heterocycles. The van der Waals surface area contributed by atoms with Gasteiger partial charge < -0.3 is 20.9 Å². The van der Waals surface area contributed by atoms with Crippen LogP contribution in [0.3, 0.4) is 0 Å². The van der Waals surface area contributed by atoms with Crippen molar-refractivity contribution in [3.63, 3.8) is 0 Å². The lowest BCUT2D eigenvalue weighted by molar-refractivity contribution is 0.379. The molecule has 10 heteroatoms. The molecule has 178 valence electrons. The van der Waals surface area contributed by atoms with Gasteiger partial charge in [0.15, 0.2) is 10.9 Å². The van der Waals surface area contributed by atoms with E-state index in [0.717, 1.165) is 5.56 Å². The van der Waals surface area contributed by atoms with Crippen LogP contribution in [0.15, 0.2) is 60.7 Å². The van der Waals surface area contributed by atoms with Gasteiger partial charge >= 0.3 is 0 Å². The van der Waals surface area contributed by atoms with E-state index in [4.69, 9.17) is 22.9 Å². The number of anilines is 2. The van der Waals surface area contributed by atoms with Crippen LogP contribution in [0.2, 0.25) is 0 Å². The van der Waals surface area contributed by atoms with Crippen molar-refractivity contribution in [2.24, 2.45) is 0 Å². The van der Waals surface area contributed by atoms with E-state index >= 15 is 0 Å². The lowest BCUT2D eigenvalue weighted by Gasteiger charge is -2.37. The highest BCUT2D eigenvalue weighted by Crippen LogP contribution is 2.27. The van der Waals surface area contributed by atoms with Crippen molar-refractivity contribution >= 4 is 40.1 Å². The van der Waals surface area contributed by atoms with Gasteiger partial charge in [0.05, 0.1) is 11.2 Å². The van der Waals surface area contributed by atoms with Crippen molar-refractivity contribution in [2.45, 2.75) is 6.54 Å². The Morgan fingerprint density at radius 1 is 0.914 bits per heavy atom. The van der Waals surface area contributed by atoms with E-state index in [1.54, 1.807) is 30.3 Å². The first-order valence-corrected chi connectivity index (χ1v) is 11.6. The van der Waals surface area contributed by atoms with Crippen molar-refractivity contribution in [3.8, 4) is 11.3 Å². The van der Waals surface area contributed by atoms with Gasteiger partial charge in [-0.2, -0.15) is 4.98 Å². The van der Waals surface area contributed by atoms with E-state index in [1.165, 1.54) is 18.2 Å². The number of rotatable bonds is 4. The summed E-state index contributed by atoms with van der Waals surface area (Å²) in [5.74, 6) is 0.272. The molecule has 0 spiro atoms. The number of fused-ring (bicyclic) bond motifs is 1. The summed E-state index contributed by atoms with van der Waals surface area (Å²) in [7, 11) is 0. The summed E-state index contributed by atoms with van der Waals surface area (Å²) >= 11 is 5.54. The number of nitrogens with two attached hydrogens (primary N) is 1. The highest BCUT2D eigenvalue weighted by molar-refractivity contribution is 7.80. The molecule has 0 aliphatic carbocycles. The topological polar surface area (TPSA) is 83.2 Å². The van der Waals surface area contributed by atoms with Gasteiger partial charge in [0.2, 0.25) is 5.95 Å². The van der Waals surface area contributed by atoms with Gasteiger partial charge in [0, 0.05) is 43.9 Å². The summed E-state index contributed by atoms with van der Waals surface area (Å²) in [6.45, 7) is 2.94. The van der Waals surface area contributed by atoms with Gasteiger partial charge in [0.25, 0.3) is 0 Å². The van der Waals surface area contributed by atoms with Gasteiger partial charge in [-0.1, -0.05) is 18.2 Å². The Kier molecular flexibility index (Phi) is 6.37. The molecule has 1 aliphatic heterocycles. The van der Waals surface area contributed by atoms with E-state index in [2.05, 4.69) is 25.1 Å². The van der Waals surface area contributed by atoms with Gasteiger partial charge in [0.1, 0.15) is 17.2 Å². The third-order valence-corrected chi connectivity index (χ3v) is 6.34. The van der Waals surface area contributed by atoms with Crippen molar-refractivity contribution in [1.82, 2.24) is 25.2 Å². The third-order valence-electron chi connectivity index (χ3n) is 5.94. The molecule has 1 aliphatic rings. The Bertz CT molecular complexity index is 1370. The fraction of sp³-hybridized carbons (Fsp3) is 0.200. The molecule has 0 radical (unpaired) electrons. The highest BCUT2D eigenvalue weighted by atomic mass is 32.1. The fourth-order valence-corrected chi connectivity index (χ4v) is 4.32. The average molecular weight is 492 g/mol. The first-order valence-electron chi connectivity index (χ1n) is 11.2. The molecule has 0 atom stereocenters. The van der Waals surface area contributed by atoms with Crippen molar-refractivity contribution < 1.29 is 8.78 Å². The largest absolute Gasteiger partial charge is 0.368 e. The summed E-state index contributed by atoms with van der Waals surface area (Å²) in [6.07, 6.45) is 0. The van der Waals surface area contributed by atoms with Crippen LogP contribution in [0.25, 0.3) is 22.3 Å². The van der Waals surface area contributed by atoms with Gasteiger partial charge in [-0.05, 0) is 54.7 Å². The SMILES string of the molecule is Nc1nc(N2CCN(C(=S)NCc3ccccc3F)CC2)c2nc(-c3ccc(F)cc3)ccc2n1. The van der Waals surface area contributed by atoms with Crippen molar-refractivity contribution in [1.29, 1.82) is 0 Å². The number of hydrogen-bond acceptors (Lipinski definition) is 6. The standard InChI is InChI=1S/C25H23F2N7S/c26-18-7-5-16(6-8-18)20-9-10-21-22(30-20)23(32-24(28)31-21)33-11-13-34(14-12-33)25(35)29-15-17-3-1-2-4-19(17)27/h1-10H,11-15H2,(H,29,35)(H2,28,31,32). The molecule has 0 bridgehead atoms. The number of aromatic nitrogens is 3. The summed E-state index contributed by atoms with van der Waals surface area (Å²) in [5.41, 5.74) is 9.33. The van der Waals surface area contributed by atoms with E-state index in [0.29, 0.717) is 65.9 Å². The van der Waals surface area contributed by atoms with Crippen LogP contribution in [0.1, 0.15) is 5.56 Å². The van der Waals surface area contributed by atoms with E-state index in [1.807, 2.05) is 12.1 Å². The Balaban J connectivity index is 1.31. The highest BCUT2D eigenvalue weighted by Gasteiger charge is 2.23. The molecule has 3 N–H and O–H groups in total. The van der Waals surface area contributed by atoms with Crippen LogP contribution in [0, 0.1) is 11.6 Å². The number of nitrogens with one attached hydrogen (secondary N) is 1. The molecule has 0 unspecified atom stereocenters. The minimum absolute atomic E-state index is 0.174. The maximum absolute atomic E-state index is 13.9. The number of benzene rings is 2. The molecule has 0 amide bonds. The molecule has 1 fully saturated rings. The first kappa shape index (κ1) is 22.9. The van der Waals surface area contributed by atoms with E-state index < -0.39 is 0 Å².